The van der Waals surface area contributed by atoms with Gasteiger partial charge in [0.05, 0.1) is 5.03 Å². The quantitative estimate of drug-likeness (QED) is 0.590. The van der Waals surface area contributed by atoms with Crippen LogP contribution in [0, 0.1) is 0 Å². The van der Waals surface area contributed by atoms with E-state index in [0.29, 0.717) is 0 Å². The molecule has 4 heteroatoms. The van der Waals surface area contributed by atoms with Gasteiger partial charge in [-0.05, 0) is 28.5 Å². The highest BCUT2D eigenvalue weighted by molar-refractivity contribution is 9.18. The average Bonchev–Trinajstić information content (AvgIpc) is 2.87. The second-order valence-corrected chi connectivity index (χ2v) is 9.82. The van der Waals surface area contributed by atoms with Crippen LogP contribution in [0.25, 0.3) is 4.91 Å². The lowest BCUT2D eigenvalue weighted by Gasteiger charge is -2.13. The van der Waals surface area contributed by atoms with E-state index in [1.54, 1.807) is 0 Å². The Kier molecular flexibility index (Phi) is 3.11. The van der Waals surface area contributed by atoms with Crippen molar-refractivity contribution in [3.8, 4) is 0 Å². The molecule has 0 radical (unpaired) electrons. The molecule has 1 aromatic rings. The molecular formula is C13H13NS3. The van der Waals surface area contributed by atoms with Gasteiger partial charge in [0, 0.05) is 23.9 Å². The maximum absolute atomic E-state index is 2.34. The van der Waals surface area contributed by atoms with E-state index < -0.39 is 0 Å². The Morgan fingerprint density at radius 3 is 2.41 bits per heavy atom. The summed E-state index contributed by atoms with van der Waals surface area (Å²) in [6.07, 6.45) is 4.66. The molecule has 2 aliphatic heterocycles. The molecule has 0 spiro atoms. The molecular weight excluding hydrogens is 266 g/mol. The molecule has 2 heterocycles. The van der Waals surface area contributed by atoms with E-state index >= 15 is 0 Å². The fourth-order valence-electron chi connectivity index (χ4n) is 1.65. The zero-order valence-electron chi connectivity index (χ0n) is 9.71. The summed E-state index contributed by atoms with van der Waals surface area (Å²) in [6, 6.07) is 10.6. The highest BCUT2D eigenvalue weighted by Gasteiger charge is 2.23. The minimum Gasteiger partial charge on any atom is -0.372 e. The molecule has 0 saturated heterocycles. The second-order valence-electron chi connectivity index (χ2n) is 4.06. The Morgan fingerprint density at radius 1 is 1.00 bits per heavy atom. The lowest BCUT2D eigenvalue weighted by atomic mass is 10.2. The summed E-state index contributed by atoms with van der Waals surface area (Å²) >= 11 is 0. The van der Waals surface area contributed by atoms with Gasteiger partial charge in [-0.15, -0.1) is 0 Å². The maximum atomic E-state index is 2.34. The van der Waals surface area contributed by atoms with Crippen molar-refractivity contribution in [2.45, 2.75) is 0 Å². The van der Waals surface area contributed by atoms with Crippen molar-refractivity contribution in [2.75, 3.05) is 14.1 Å². The zero-order chi connectivity index (χ0) is 11.8. The highest BCUT2D eigenvalue weighted by atomic mass is 33.5. The Hall–Kier alpha value is -0.580. The van der Waals surface area contributed by atoms with E-state index in [1.165, 1.54) is 20.4 Å². The molecule has 1 aromatic carbocycles. The van der Waals surface area contributed by atoms with Crippen LogP contribution in [0.4, 0.5) is 0 Å². The summed E-state index contributed by atoms with van der Waals surface area (Å²) in [5, 5.41) is 1.37. The van der Waals surface area contributed by atoms with Crippen molar-refractivity contribution in [3.63, 3.8) is 0 Å². The molecule has 0 saturated carbocycles. The summed E-state index contributed by atoms with van der Waals surface area (Å²) in [4.78, 5) is 5.08. The van der Waals surface area contributed by atoms with Gasteiger partial charge in [-0.25, -0.2) is 0 Å². The SMILES string of the molecule is CN(C)C1=CC2=S(SC(c3ccccc3)=C2)S1. The molecule has 0 aromatic heterocycles. The van der Waals surface area contributed by atoms with Crippen LogP contribution in [-0.2, 0) is 0 Å². The topological polar surface area (TPSA) is 3.24 Å². The smallest absolute Gasteiger partial charge is 0.0825 e. The molecule has 2 aliphatic rings. The van der Waals surface area contributed by atoms with E-state index in [0.717, 1.165) is 0 Å². The predicted molar refractivity (Wildman–Crippen MR) is 84.0 cm³/mol. The van der Waals surface area contributed by atoms with Gasteiger partial charge >= 0.3 is 0 Å². The third-order valence-electron chi connectivity index (χ3n) is 2.56. The predicted octanol–water partition coefficient (Wildman–Crippen LogP) is 4.20. The molecule has 0 aliphatic carbocycles. The summed E-state index contributed by atoms with van der Waals surface area (Å²) < 4.78 is 0. The van der Waals surface area contributed by atoms with Crippen molar-refractivity contribution in [1.29, 1.82) is 0 Å². The molecule has 0 N–H and O–H groups in total. The molecule has 1 atom stereocenters. The fraction of sp³-hybridized carbons (Fsp3) is 0.154. The molecule has 17 heavy (non-hydrogen) atoms. The first-order valence-corrected chi connectivity index (χ1v) is 9.27. The molecule has 0 amide bonds. The first-order chi connectivity index (χ1) is 8.24. The van der Waals surface area contributed by atoms with Crippen LogP contribution in [-0.4, -0.2) is 23.9 Å². The third kappa shape index (κ3) is 2.21. The number of nitrogens with zero attached hydrogens (tertiary/aromatic N) is 1. The van der Waals surface area contributed by atoms with E-state index in [2.05, 4.69) is 61.5 Å². The van der Waals surface area contributed by atoms with Crippen LogP contribution < -0.4 is 0 Å². The summed E-state index contributed by atoms with van der Waals surface area (Å²) in [5.41, 5.74) is 1.34. The van der Waals surface area contributed by atoms with Gasteiger partial charge in [0.25, 0.3) is 0 Å². The maximum Gasteiger partial charge on any atom is 0.0825 e. The highest BCUT2D eigenvalue weighted by Crippen LogP contribution is 2.61. The lowest BCUT2D eigenvalue weighted by molar-refractivity contribution is 0.552. The van der Waals surface area contributed by atoms with E-state index in [9.17, 15) is 0 Å². The van der Waals surface area contributed by atoms with Crippen LogP contribution in [0.2, 0.25) is 0 Å². The average molecular weight is 279 g/mol. The number of hydrogen-bond donors (Lipinski definition) is 0. The van der Waals surface area contributed by atoms with E-state index in [4.69, 9.17) is 0 Å². The summed E-state index contributed by atoms with van der Waals surface area (Å²) in [6.45, 7) is 0. The molecule has 0 fully saturated rings. The van der Waals surface area contributed by atoms with E-state index in [-0.39, 0.29) is 8.55 Å². The van der Waals surface area contributed by atoms with Crippen LogP contribution in [0.3, 0.4) is 0 Å². The van der Waals surface area contributed by atoms with Gasteiger partial charge in [0.15, 0.2) is 0 Å². The Morgan fingerprint density at radius 2 is 1.76 bits per heavy atom. The second kappa shape index (κ2) is 4.59. The van der Waals surface area contributed by atoms with Crippen molar-refractivity contribution >= 4 is 39.9 Å². The first-order valence-electron chi connectivity index (χ1n) is 5.38. The lowest BCUT2D eigenvalue weighted by Crippen LogP contribution is -2.06. The van der Waals surface area contributed by atoms with Crippen LogP contribution >= 0.6 is 30.1 Å². The Balaban J connectivity index is 1.85. The number of rotatable bonds is 2. The van der Waals surface area contributed by atoms with E-state index in [1.807, 2.05) is 21.6 Å². The first kappa shape index (κ1) is 11.5. The summed E-state index contributed by atoms with van der Waals surface area (Å²) in [7, 11) is 8.46. The van der Waals surface area contributed by atoms with Crippen molar-refractivity contribution in [1.82, 2.24) is 4.90 Å². The third-order valence-corrected chi connectivity index (χ3v) is 9.01. The van der Waals surface area contributed by atoms with Gasteiger partial charge in [0.1, 0.15) is 0 Å². The van der Waals surface area contributed by atoms with Gasteiger partial charge in [-0.2, -0.15) is 0 Å². The normalized spacial score (nSPS) is 22.2. The zero-order valence-corrected chi connectivity index (χ0v) is 12.2. The minimum absolute atomic E-state index is 0.274. The standard InChI is InChI=1S/C13H13NS3/c1-14(2)13-9-11-8-12(15-17(11)16-13)10-6-4-3-5-7-10/h3-9H,1-2H3. The van der Waals surface area contributed by atoms with Crippen molar-refractivity contribution in [2.24, 2.45) is 0 Å². The molecule has 88 valence electrons. The Labute approximate surface area is 112 Å². The molecule has 0 bridgehead atoms. The van der Waals surface area contributed by atoms with Gasteiger partial charge in [-0.1, -0.05) is 49.7 Å². The Bertz CT molecular complexity index is 541. The van der Waals surface area contributed by atoms with Crippen molar-refractivity contribution in [3.05, 3.63) is 53.1 Å². The number of hydrogen-bond acceptors (Lipinski definition) is 3. The van der Waals surface area contributed by atoms with Gasteiger partial charge in [0.2, 0.25) is 0 Å². The van der Waals surface area contributed by atoms with Crippen LogP contribution in [0.15, 0.2) is 47.5 Å². The van der Waals surface area contributed by atoms with Gasteiger partial charge < -0.3 is 4.90 Å². The fourth-order valence-corrected chi connectivity index (χ4v) is 8.32. The van der Waals surface area contributed by atoms with Gasteiger partial charge in [-0.3, -0.25) is 0 Å². The minimum atomic E-state index is 0.274. The van der Waals surface area contributed by atoms with Crippen molar-refractivity contribution < 1.29 is 0 Å². The monoisotopic (exact) mass is 279 g/mol. The number of benzene rings is 1. The summed E-state index contributed by atoms with van der Waals surface area (Å²) in [5.74, 6) is 0. The molecule has 1 unspecified atom stereocenters. The number of allylic oxidation sites excluding steroid dienone is 2. The largest absolute Gasteiger partial charge is 0.372 e. The molecule has 1 nitrogen and oxygen atoms in total. The molecule has 3 rings (SSSR count). The van der Waals surface area contributed by atoms with Crippen LogP contribution in [0.1, 0.15) is 5.56 Å². The van der Waals surface area contributed by atoms with Crippen LogP contribution in [0.5, 0.6) is 0 Å².